The van der Waals surface area contributed by atoms with Crippen LogP contribution < -0.4 is 14.7 Å². The Kier molecular flexibility index (Phi) is 5.88. The molecular weight excluding hydrogens is 660 g/mol. The minimum Gasteiger partial charge on any atom is -0.332 e. The molecule has 4 aromatic carbocycles. The molecule has 15 heteroatoms. The Morgan fingerprint density at radius 1 is 0.647 bits per heavy atom. The molecule has 4 aromatic rings. The molecule has 0 radical (unpaired) electrons. The van der Waals surface area contributed by atoms with Crippen LogP contribution >= 0.6 is 0 Å². The van der Waals surface area contributed by atoms with Gasteiger partial charge in [-0.1, -0.05) is 36.4 Å². The zero-order valence-electron chi connectivity index (χ0n) is 26.5. The van der Waals surface area contributed by atoms with Gasteiger partial charge < -0.3 is 9.80 Å². The molecule has 5 atom stereocenters. The Morgan fingerprint density at radius 2 is 1.18 bits per heavy atom. The topological polar surface area (TPSA) is 185 Å². The number of nitrogens with zero attached hydrogens (tertiary/aromatic N) is 6. The van der Waals surface area contributed by atoms with Gasteiger partial charge in [0.1, 0.15) is 0 Å². The second-order valence-electron chi connectivity index (χ2n) is 13.2. The van der Waals surface area contributed by atoms with E-state index in [9.17, 15) is 39.4 Å². The summed E-state index contributed by atoms with van der Waals surface area (Å²) in [6.07, 6.45) is -0.376. The molecule has 9 rings (SSSR count). The maximum absolute atomic E-state index is 15.0. The van der Waals surface area contributed by atoms with E-state index in [0.717, 1.165) is 9.80 Å². The van der Waals surface area contributed by atoms with Crippen LogP contribution in [0.2, 0.25) is 0 Å². The summed E-state index contributed by atoms with van der Waals surface area (Å²) in [5.74, 6) is -6.86. The molecule has 3 fully saturated rings. The van der Waals surface area contributed by atoms with E-state index in [0.29, 0.717) is 16.8 Å². The zero-order valence-corrected chi connectivity index (χ0v) is 26.5. The number of nitro groups is 2. The van der Waals surface area contributed by atoms with E-state index >= 15 is 4.79 Å². The quantitative estimate of drug-likeness (QED) is 0.170. The highest BCUT2D eigenvalue weighted by molar-refractivity contribution is 6.27. The van der Waals surface area contributed by atoms with Gasteiger partial charge in [0, 0.05) is 43.3 Å². The molecule has 0 aromatic heterocycles. The van der Waals surface area contributed by atoms with E-state index in [2.05, 4.69) is 0 Å². The lowest BCUT2D eigenvalue weighted by molar-refractivity contribution is -0.385. The third-order valence-corrected chi connectivity index (χ3v) is 11.2. The molecular formula is C36H24N6O9. The van der Waals surface area contributed by atoms with E-state index in [1.54, 1.807) is 55.6 Å². The molecule has 0 saturated carbocycles. The number of carbonyl (C=O) groups is 5. The molecule has 15 nitrogen and oxygen atoms in total. The minimum absolute atomic E-state index is 0.0816. The number of nitro benzene ring substituents is 2. The van der Waals surface area contributed by atoms with Gasteiger partial charge in [-0.15, -0.1) is 0 Å². The molecule has 2 bridgehead atoms. The standard InChI is InChI=1S/C36H24N6O9/c1-37-31(44)23-6-2-5-9-27(23)40-35(26-18-28(43)38(32(26)45)19-10-14-21(15-11-19)41(48)49)24-7-3-4-8-25(24)36(37,40)30-29(35)33(46)39(34(30)47)20-12-16-22(17-13-20)42(50)51/h2-17,26,29-30H,18H2,1H3/t26?,29-,30+,35-,36-/m1/s1. The van der Waals surface area contributed by atoms with Gasteiger partial charge >= 0.3 is 0 Å². The van der Waals surface area contributed by atoms with Crippen molar-refractivity contribution in [2.75, 3.05) is 21.7 Å². The molecule has 0 spiro atoms. The van der Waals surface area contributed by atoms with Crippen molar-refractivity contribution in [1.29, 1.82) is 0 Å². The van der Waals surface area contributed by atoms with Crippen LogP contribution in [-0.4, -0.2) is 51.3 Å². The third-order valence-electron chi connectivity index (χ3n) is 11.2. The minimum atomic E-state index is -1.68. The summed E-state index contributed by atoms with van der Waals surface area (Å²) in [4.78, 5) is 99.8. The Labute approximate surface area is 287 Å². The second-order valence-corrected chi connectivity index (χ2v) is 13.2. The highest BCUT2D eigenvalue weighted by atomic mass is 16.6. The second kappa shape index (κ2) is 9.90. The Bertz CT molecular complexity index is 2330. The van der Waals surface area contributed by atoms with E-state index < -0.39 is 68.3 Å². The number of hydrogen-bond donors (Lipinski definition) is 0. The van der Waals surface area contributed by atoms with Gasteiger partial charge in [0.2, 0.25) is 23.6 Å². The average Bonchev–Trinajstić information content (AvgIpc) is 3.78. The fourth-order valence-corrected chi connectivity index (χ4v) is 9.42. The number of hydrogen-bond acceptors (Lipinski definition) is 10. The van der Waals surface area contributed by atoms with Crippen LogP contribution in [0.15, 0.2) is 97.1 Å². The average molecular weight is 685 g/mol. The number of anilines is 3. The molecule has 0 N–H and O–H groups in total. The lowest BCUT2D eigenvalue weighted by atomic mass is 9.62. The molecule has 5 aliphatic heterocycles. The van der Waals surface area contributed by atoms with Gasteiger partial charge in [-0.2, -0.15) is 0 Å². The van der Waals surface area contributed by atoms with Crippen LogP contribution in [0.5, 0.6) is 0 Å². The zero-order chi connectivity index (χ0) is 35.7. The third kappa shape index (κ3) is 3.39. The fraction of sp³-hybridized carbons (Fsp3) is 0.194. The highest BCUT2D eigenvalue weighted by Gasteiger charge is 2.85. The number of amides is 5. The number of rotatable bonds is 5. The maximum Gasteiger partial charge on any atom is 0.269 e. The van der Waals surface area contributed by atoms with Crippen molar-refractivity contribution < 1.29 is 33.8 Å². The number of para-hydroxylation sites is 1. The summed E-state index contributed by atoms with van der Waals surface area (Å²) in [7, 11) is 1.55. The number of fused-ring (bicyclic) bond motifs is 5. The summed E-state index contributed by atoms with van der Waals surface area (Å²) in [6.45, 7) is 0. The normalized spacial score (nSPS) is 27.2. The molecule has 5 heterocycles. The summed E-state index contributed by atoms with van der Waals surface area (Å²) < 4.78 is 0. The van der Waals surface area contributed by atoms with Crippen LogP contribution in [0.3, 0.4) is 0 Å². The number of imide groups is 2. The van der Waals surface area contributed by atoms with E-state index in [1.165, 1.54) is 53.4 Å². The monoisotopic (exact) mass is 684 g/mol. The van der Waals surface area contributed by atoms with E-state index in [-0.39, 0.29) is 34.7 Å². The number of non-ortho nitro benzene ring substituents is 2. The van der Waals surface area contributed by atoms with Crippen LogP contribution in [0.25, 0.3) is 0 Å². The van der Waals surface area contributed by atoms with Crippen molar-refractivity contribution in [2.45, 2.75) is 17.6 Å². The first-order valence-corrected chi connectivity index (χ1v) is 16.0. The lowest BCUT2D eigenvalue weighted by Crippen LogP contribution is -2.64. The summed E-state index contributed by atoms with van der Waals surface area (Å²) in [6, 6.07) is 23.7. The molecule has 51 heavy (non-hydrogen) atoms. The van der Waals surface area contributed by atoms with Crippen LogP contribution in [0.1, 0.15) is 27.9 Å². The summed E-state index contributed by atoms with van der Waals surface area (Å²) in [5.41, 5.74) is -1.89. The number of carbonyl (C=O) groups excluding carboxylic acids is 5. The van der Waals surface area contributed by atoms with Gasteiger partial charge in [0.05, 0.1) is 55.8 Å². The first-order valence-electron chi connectivity index (χ1n) is 16.0. The molecule has 3 saturated heterocycles. The molecule has 252 valence electrons. The number of benzene rings is 4. The van der Waals surface area contributed by atoms with Crippen molar-refractivity contribution in [3.05, 3.63) is 134 Å². The Morgan fingerprint density at radius 3 is 1.78 bits per heavy atom. The summed E-state index contributed by atoms with van der Waals surface area (Å²) in [5, 5.41) is 22.8. The predicted molar refractivity (Wildman–Crippen MR) is 177 cm³/mol. The van der Waals surface area contributed by atoms with E-state index in [4.69, 9.17) is 0 Å². The first-order chi connectivity index (χ1) is 24.5. The van der Waals surface area contributed by atoms with Gasteiger partial charge in [-0.25, -0.2) is 4.90 Å². The van der Waals surface area contributed by atoms with Gasteiger partial charge in [0.25, 0.3) is 17.3 Å². The lowest BCUT2D eigenvalue weighted by Gasteiger charge is -2.52. The van der Waals surface area contributed by atoms with Crippen LogP contribution in [-0.2, 0) is 30.4 Å². The predicted octanol–water partition coefficient (Wildman–Crippen LogP) is 3.86. The Hall–Kier alpha value is -6.77. The van der Waals surface area contributed by atoms with Crippen molar-refractivity contribution in [3.8, 4) is 0 Å². The summed E-state index contributed by atoms with van der Waals surface area (Å²) >= 11 is 0. The Balaban J connectivity index is 1.31. The van der Waals surface area contributed by atoms with E-state index in [1.807, 2.05) is 4.90 Å². The smallest absolute Gasteiger partial charge is 0.269 e. The van der Waals surface area contributed by atoms with Crippen molar-refractivity contribution >= 4 is 58.0 Å². The van der Waals surface area contributed by atoms with Crippen molar-refractivity contribution in [3.63, 3.8) is 0 Å². The SMILES string of the molecule is CN1C(=O)c2ccccc2N2[C@@]13c1ccccc1[C@@]2(C1CC(=O)N(c2ccc([N+](=O)[O-])cc2)C1=O)[C@H]1C(=O)N(c2ccc([N+](=O)[O-])cc2)C(=O)[C@H]13. The van der Waals surface area contributed by atoms with Gasteiger partial charge in [-0.05, 0) is 42.0 Å². The maximum atomic E-state index is 15.0. The first kappa shape index (κ1) is 30.3. The van der Waals surface area contributed by atoms with Crippen molar-refractivity contribution in [1.82, 2.24) is 4.90 Å². The van der Waals surface area contributed by atoms with Gasteiger partial charge in [0.15, 0.2) is 5.66 Å². The highest BCUT2D eigenvalue weighted by Crippen LogP contribution is 2.74. The fourth-order valence-electron chi connectivity index (χ4n) is 9.42. The van der Waals surface area contributed by atoms with Gasteiger partial charge in [-0.3, -0.25) is 49.1 Å². The largest absolute Gasteiger partial charge is 0.332 e. The van der Waals surface area contributed by atoms with Crippen LogP contribution in [0, 0.1) is 38.0 Å². The molecule has 0 aliphatic carbocycles. The molecule has 5 amide bonds. The van der Waals surface area contributed by atoms with Crippen LogP contribution in [0.4, 0.5) is 28.4 Å². The molecule has 1 unspecified atom stereocenters. The van der Waals surface area contributed by atoms with Crippen molar-refractivity contribution in [2.24, 2.45) is 17.8 Å². The molecule has 5 aliphatic rings.